The largest absolute Gasteiger partial charge is 0.351 e. The molecule has 0 saturated heterocycles. The molecule has 2 rings (SSSR count). The van der Waals surface area contributed by atoms with Gasteiger partial charge in [0.05, 0.1) is 0 Å². The Bertz CT molecular complexity index is 419. The molecule has 0 aliphatic heterocycles. The molecular weight excluding hydrogens is 217 g/mol. The fourth-order valence-corrected chi connectivity index (χ4v) is 2.03. The number of hydrogen-bond donors (Lipinski definition) is 1. The molecule has 92 valence electrons. The average molecular weight is 235 g/mol. The van der Waals surface area contributed by atoms with Gasteiger partial charge in [-0.25, -0.2) is 4.39 Å². The summed E-state index contributed by atoms with van der Waals surface area (Å²) >= 11 is 0. The first-order valence-corrected chi connectivity index (χ1v) is 5.94. The van der Waals surface area contributed by atoms with Crippen LogP contribution in [0.15, 0.2) is 24.3 Å². The third kappa shape index (κ3) is 3.05. The van der Waals surface area contributed by atoms with E-state index in [1.807, 2.05) is 20.8 Å². The summed E-state index contributed by atoms with van der Waals surface area (Å²) in [6.45, 7) is 5.92. The lowest BCUT2D eigenvalue weighted by Crippen LogP contribution is -2.41. The zero-order valence-corrected chi connectivity index (χ0v) is 10.5. The molecule has 2 unspecified atom stereocenters. The molecule has 1 saturated carbocycles. The maximum Gasteiger partial charge on any atom is 0.224 e. The molecule has 17 heavy (non-hydrogen) atoms. The summed E-state index contributed by atoms with van der Waals surface area (Å²) in [4.78, 5) is 11.9. The van der Waals surface area contributed by atoms with Gasteiger partial charge in [0.2, 0.25) is 5.91 Å². The average Bonchev–Trinajstić information content (AvgIpc) is 2.96. The summed E-state index contributed by atoms with van der Waals surface area (Å²) in [6, 6.07) is 6.44. The van der Waals surface area contributed by atoms with Crippen LogP contribution in [0.2, 0.25) is 0 Å². The van der Waals surface area contributed by atoms with E-state index >= 15 is 0 Å². The molecule has 1 aromatic carbocycles. The Hall–Kier alpha value is -1.38. The number of carbonyl (C=O) groups excluding carboxylic acids is 1. The maximum absolute atomic E-state index is 12.8. The Balaban J connectivity index is 1.96. The minimum atomic E-state index is -0.231. The molecule has 1 fully saturated rings. The molecule has 0 radical (unpaired) electrons. The highest BCUT2D eigenvalue weighted by Gasteiger charge is 2.44. The second-order valence-corrected chi connectivity index (χ2v) is 5.74. The van der Waals surface area contributed by atoms with Crippen LogP contribution in [0.25, 0.3) is 0 Å². The SMILES string of the molecule is CC(C)(C)NC(=O)C1CC1c1ccc(F)cc1. The first kappa shape index (κ1) is 12.1. The van der Waals surface area contributed by atoms with Crippen molar-refractivity contribution in [3.63, 3.8) is 0 Å². The van der Waals surface area contributed by atoms with E-state index < -0.39 is 0 Å². The first-order valence-electron chi connectivity index (χ1n) is 5.94. The van der Waals surface area contributed by atoms with Crippen LogP contribution in [0, 0.1) is 11.7 Å². The second kappa shape index (κ2) is 4.13. The zero-order valence-electron chi connectivity index (χ0n) is 10.5. The number of rotatable bonds is 2. The van der Waals surface area contributed by atoms with E-state index in [9.17, 15) is 9.18 Å². The monoisotopic (exact) mass is 235 g/mol. The van der Waals surface area contributed by atoms with Gasteiger partial charge < -0.3 is 5.32 Å². The van der Waals surface area contributed by atoms with Crippen molar-refractivity contribution in [3.8, 4) is 0 Å². The summed E-state index contributed by atoms with van der Waals surface area (Å²) in [6.07, 6.45) is 0.869. The van der Waals surface area contributed by atoms with Crippen molar-refractivity contribution in [3.05, 3.63) is 35.6 Å². The number of carbonyl (C=O) groups is 1. The number of nitrogens with one attached hydrogen (secondary N) is 1. The predicted molar refractivity (Wildman–Crippen MR) is 65.1 cm³/mol. The Labute approximate surface area is 101 Å². The van der Waals surface area contributed by atoms with Crippen molar-refractivity contribution in [1.29, 1.82) is 0 Å². The van der Waals surface area contributed by atoms with Crippen molar-refractivity contribution in [1.82, 2.24) is 5.32 Å². The van der Waals surface area contributed by atoms with Gasteiger partial charge in [-0.3, -0.25) is 4.79 Å². The van der Waals surface area contributed by atoms with E-state index in [4.69, 9.17) is 0 Å². The smallest absolute Gasteiger partial charge is 0.224 e. The van der Waals surface area contributed by atoms with Crippen molar-refractivity contribution in [2.45, 2.75) is 38.6 Å². The summed E-state index contributed by atoms with van der Waals surface area (Å²) in [5.41, 5.74) is 0.868. The molecule has 1 aromatic rings. The molecule has 0 aromatic heterocycles. The summed E-state index contributed by atoms with van der Waals surface area (Å²) in [7, 11) is 0. The number of hydrogen-bond acceptors (Lipinski definition) is 1. The third-order valence-electron chi connectivity index (χ3n) is 2.92. The van der Waals surface area contributed by atoms with Crippen LogP contribution in [-0.4, -0.2) is 11.4 Å². The van der Waals surface area contributed by atoms with Crippen LogP contribution < -0.4 is 5.32 Å². The third-order valence-corrected chi connectivity index (χ3v) is 2.92. The lowest BCUT2D eigenvalue weighted by Gasteiger charge is -2.20. The van der Waals surface area contributed by atoms with Gasteiger partial charge in [-0.2, -0.15) is 0 Å². The molecule has 0 bridgehead atoms. The highest BCUT2D eigenvalue weighted by atomic mass is 19.1. The summed E-state index contributed by atoms with van der Waals surface area (Å²) in [5.74, 6) is 0.189. The van der Waals surface area contributed by atoms with Gasteiger partial charge in [-0.15, -0.1) is 0 Å². The van der Waals surface area contributed by atoms with Crippen molar-refractivity contribution in [2.75, 3.05) is 0 Å². The van der Waals surface area contributed by atoms with E-state index in [-0.39, 0.29) is 29.1 Å². The van der Waals surface area contributed by atoms with Gasteiger partial charge in [0, 0.05) is 11.5 Å². The molecular formula is C14H18FNO. The molecule has 1 N–H and O–H groups in total. The lowest BCUT2D eigenvalue weighted by molar-refractivity contribution is -0.123. The van der Waals surface area contributed by atoms with E-state index in [0.29, 0.717) is 0 Å². The number of amides is 1. The van der Waals surface area contributed by atoms with E-state index in [1.54, 1.807) is 12.1 Å². The van der Waals surface area contributed by atoms with Gasteiger partial charge in [0.15, 0.2) is 0 Å². The Morgan fingerprint density at radius 1 is 1.29 bits per heavy atom. The minimum absolute atomic E-state index is 0.0553. The molecule has 1 amide bonds. The van der Waals surface area contributed by atoms with Crippen molar-refractivity contribution >= 4 is 5.91 Å². The molecule has 2 atom stereocenters. The number of benzene rings is 1. The Morgan fingerprint density at radius 2 is 1.88 bits per heavy atom. The second-order valence-electron chi connectivity index (χ2n) is 5.74. The molecule has 3 heteroatoms. The highest BCUT2D eigenvalue weighted by molar-refractivity contribution is 5.83. The number of halogens is 1. The molecule has 1 aliphatic rings. The van der Waals surface area contributed by atoms with Crippen LogP contribution in [0.5, 0.6) is 0 Å². The fourth-order valence-electron chi connectivity index (χ4n) is 2.03. The first-order chi connectivity index (χ1) is 7.87. The van der Waals surface area contributed by atoms with E-state index in [0.717, 1.165) is 12.0 Å². The quantitative estimate of drug-likeness (QED) is 0.839. The molecule has 0 spiro atoms. The predicted octanol–water partition coefficient (Wildman–Crippen LogP) is 2.84. The summed E-state index contributed by atoms with van der Waals surface area (Å²) in [5, 5.41) is 2.98. The van der Waals surface area contributed by atoms with Gasteiger partial charge in [-0.1, -0.05) is 12.1 Å². The fraction of sp³-hybridized carbons (Fsp3) is 0.500. The van der Waals surface area contributed by atoms with Crippen LogP contribution in [0.3, 0.4) is 0 Å². The Morgan fingerprint density at radius 3 is 2.41 bits per heavy atom. The van der Waals surface area contributed by atoms with Gasteiger partial charge in [0.1, 0.15) is 5.82 Å². The molecule has 2 nitrogen and oxygen atoms in total. The van der Waals surface area contributed by atoms with E-state index in [1.165, 1.54) is 12.1 Å². The van der Waals surface area contributed by atoms with Crippen LogP contribution in [0.4, 0.5) is 4.39 Å². The standard InChI is InChI=1S/C14H18FNO/c1-14(2,3)16-13(17)12-8-11(12)9-4-6-10(15)7-5-9/h4-7,11-12H,8H2,1-3H3,(H,16,17). The van der Waals surface area contributed by atoms with Crippen molar-refractivity contribution in [2.24, 2.45) is 5.92 Å². The van der Waals surface area contributed by atoms with Crippen molar-refractivity contribution < 1.29 is 9.18 Å². The van der Waals surface area contributed by atoms with Crippen LogP contribution in [0.1, 0.15) is 38.7 Å². The topological polar surface area (TPSA) is 29.1 Å². The lowest BCUT2D eigenvalue weighted by atomic mass is 10.1. The maximum atomic E-state index is 12.8. The van der Waals surface area contributed by atoms with Crippen LogP contribution in [-0.2, 0) is 4.79 Å². The zero-order chi connectivity index (χ0) is 12.6. The Kier molecular flexibility index (Phi) is 2.94. The summed E-state index contributed by atoms with van der Waals surface area (Å²) < 4.78 is 12.8. The van der Waals surface area contributed by atoms with Gasteiger partial charge in [0.25, 0.3) is 0 Å². The van der Waals surface area contributed by atoms with E-state index in [2.05, 4.69) is 5.32 Å². The van der Waals surface area contributed by atoms with Gasteiger partial charge in [-0.05, 0) is 50.8 Å². The molecule has 1 aliphatic carbocycles. The molecule has 0 heterocycles. The van der Waals surface area contributed by atoms with Gasteiger partial charge >= 0.3 is 0 Å². The minimum Gasteiger partial charge on any atom is -0.351 e. The normalized spacial score (nSPS) is 23.3. The highest BCUT2D eigenvalue weighted by Crippen LogP contribution is 2.47. The van der Waals surface area contributed by atoms with Crippen LogP contribution >= 0.6 is 0 Å².